The maximum Gasteiger partial charge on any atom is 0.223 e. The van der Waals surface area contributed by atoms with E-state index in [1.54, 1.807) is 0 Å². The van der Waals surface area contributed by atoms with E-state index >= 15 is 0 Å². The smallest absolute Gasteiger partial charge is 0.223 e. The van der Waals surface area contributed by atoms with Crippen LogP contribution in [0.3, 0.4) is 0 Å². The Hall–Kier alpha value is -1.35. The highest BCUT2D eigenvalue weighted by Gasteiger charge is 2.34. The van der Waals surface area contributed by atoms with Gasteiger partial charge >= 0.3 is 0 Å². The van der Waals surface area contributed by atoms with Gasteiger partial charge in [0.25, 0.3) is 0 Å². The summed E-state index contributed by atoms with van der Waals surface area (Å²) in [7, 11) is 0. The van der Waals surface area contributed by atoms with Gasteiger partial charge in [0.05, 0.1) is 0 Å². The van der Waals surface area contributed by atoms with Gasteiger partial charge in [-0.25, -0.2) is 0 Å². The maximum absolute atomic E-state index is 12.3. The second kappa shape index (κ2) is 5.33. The number of piperazine rings is 1. The molecule has 2 bridgehead atoms. The molecule has 102 valence electrons. The van der Waals surface area contributed by atoms with Crippen molar-refractivity contribution in [2.24, 2.45) is 0 Å². The highest BCUT2D eigenvalue weighted by atomic mass is 16.2. The molecule has 2 unspecified atom stereocenters. The first-order chi connectivity index (χ1) is 9.22. The fourth-order valence-electron chi connectivity index (χ4n) is 3.18. The zero-order valence-corrected chi connectivity index (χ0v) is 11.6. The van der Waals surface area contributed by atoms with Crippen LogP contribution in [-0.4, -0.2) is 47.9 Å². The van der Waals surface area contributed by atoms with Crippen molar-refractivity contribution in [2.45, 2.75) is 32.2 Å². The van der Waals surface area contributed by atoms with E-state index in [4.69, 9.17) is 0 Å². The molecule has 1 amide bonds. The lowest BCUT2D eigenvalue weighted by molar-refractivity contribution is -0.134. The Labute approximate surface area is 115 Å². The molecule has 0 N–H and O–H groups in total. The molecule has 1 aromatic carbocycles. The molecule has 0 aliphatic carbocycles. The molecule has 2 heterocycles. The van der Waals surface area contributed by atoms with E-state index in [0.29, 0.717) is 18.4 Å². The van der Waals surface area contributed by atoms with Crippen LogP contribution in [0.1, 0.15) is 24.0 Å². The van der Waals surface area contributed by atoms with E-state index in [9.17, 15) is 4.79 Å². The summed E-state index contributed by atoms with van der Waals surface area (Å²) in [6, 6.07) is 9.00. The Morgan fingerprint density at radius 3 is 2.79 bits per heavy atom. The summed E-state index contributed by atoms with van der Waals surface area (Å²) in [4.78, 5) is 16.9. The van der Waals surface area contributed by atoms with Crippen molar-refractivity contribution in [3.63, 3.8) is 0 Å². The summed E-state index contributed by atoms with van der Waals surface area (Å²) in [5.74, 6) is 0.340. The number of nitrogens with zero attached hydrogens (tertiary/aromatic N) is 2. The number of hydrogen-bond donors (Lipinski definition) is 0. The number of carbonyl (C=O) groups is 1. The summed E-state index contributed by atoms with van der Waals surface area (Å²) in [6.07, 6.45) is 2.68. The summed E-state index contributed by atoms with van der Waals surface area (Å²) in [6.45, 7) is 6.35. The molecule has 0 saturated carbocycles. The van der Waals surface area contributed by atoms with Crippen LogP contribution < -0.4 is 0 Å². The summed E-state index contributed by atoms with van der Waals surface area (Å²) >= 11 is 0. The van der Waals surface area contributed by atoms with Crippen molar-refractivity contribution < 1.29 is 4.79 Å². The van der Waals surface area contributed by atoms with Crippen LogP contribution in [-0.2, 0) is 11.2 Å². The minimum Gasteiger partial charge on any atom is -0.337 e. The molecule has 2 aliphatic heterocycles. The molecule has 2 fully saturated rings. The Kier molecular flexibility index (Phi) is 3.56. The van der Waals surface area contributed by atoms with E-state index in [1.807, 2.05) is 0 Å². The average Bonchev–Trinajstić information content (AvgIpc) is 2.79. The van der Waals surface area contributed by atoms with Crippen molar-refractivity contribution in [1.82, 2.24) is 9.80 Å². The molecule has 1 aromatic rings. The van der Waals surface area contributed by atoms with Crippen LogP contribution in [0.5, 0.6) is 0 Å². The highest BCUT2D eigenvalue weighted by molar-refractivity contribution is 5.77. The third-order valence-corrected chi connectivity index (χ3v) is 4.41. The van der Waals surface area contributed by atoms with Gasteiger partial charge in [0.2, 0.25) is 5.91 Å². The summed E-state index contributed by atoms with van der Waals surface area (Å²) in [5, 5.41) is 0. The zero-order chi connectivity index (χ0) is 13.2. The fraction of sp³-hybridized carbons (Fsp3) is 0.562. The molecule has 0 radical (unpaired) electrons. The van der Waals surface area contributed by atoms with Crippen molar-refractivity contribution in [3.05, 3.63) is 35.4 Å². The second-order valence-electron chi connectivity index (χ2n) is 5.82. The fourth-order valence-corrected chi connectivity index (χ4v) is 3.18. The molecule has 19 heavy (non-hydrogen) atoms. The third kappa shape index (κ3) is 2.81. The Balaban J connectivity index is 1.55. The molecule has 3 heteroatoms. The SMILES string of the molecule is Cc1ccc(CCC(=O)N2CCN3CCC2C3)cc1. The molecular weight excluding hydrogens is 236 g/mol. The van der Waals surface area contributed by atoms with Gasteiger partial charge < -0.3 is 4.90 Å². The van der Waals surface area contributed by atoms with Gasteiger partial charge in [-0.1, -0.05) is 29.8 Å². The minimum absolute atomic E-state index is 0.340. The standard InChI is InChI=1S/C16H22N2O/c1-13-2-4-14(5-3-13)6-7-16(19)18-11-10-17-9-8-15(18)12-17/h2-5,15H,6-12H2,1H3. The molecule has 2 aliphatic rings. The van der Waals surface area contributed by atoms with Gasteiger partial charge in [0.1, 0.15) is 0 Å². The molecule has 2 atom stereocenters. The highest BCUT2D eigenvalue weighted by Crippen LogP contribution is 2.21. The third-order valence-electron chi connectivity index (χ3n) is 4.41. The number of amides is 1. The van der Waals surface area contributed by atoms with E-state index in [-0.39, 0.29) is 0 Å². The first kappa shape index (κ1) is 12.7. The van der Waals surface area contributed by atoms with E-state index in [2.05, 4.69) is 41.0 Å². The van der Waals surface area contributed by atoms with Crippen molar-refractivity contribution in [2.75, 3.05) is 26.2 Å². The van der Waals surface area contributed by atoms with Gasteiger partial charge in [-0.2, -0.15) is 0 Å². The first-order valence-electron chi connectivity index (χ1n) is 7.30. The molecule has 3 nitrogen and oxygen atoms in total. The summed E-state index contributed by atoms with van der Waals surface area (Å²) < 4.78 is 0. The van der Waals surface area contributed by atoms with Crippen LogP contribution in [0.2, 0.25) is 0 Å². The molecular formula is C16H22N2O. The van der Waals surface area contributed by atoms with E-state index in [1.165, 1.54) is 17.7 Å². The van der Waals surface area contributed by atoms with Gasteiger partial charge in [0, 0.05) is 38.6 Å². The Bertz CT molecular complexity index is 454. The van der Waals surface area contributed by atoms with Crippen LogP contribution in [0, 0.1) is 6.92 Å². The van der Waals surface area contributed by atoms with Crippen LogP contribution in [0.25, 0.3) is 0 Å². The van der Waals surface area contributed by atoms with Crippen molar-refractivity contribution >= 4 is 5.91 Å². The van der Waals surface area contributed by atoms with E-state index in [0.717, 1.165) is 32.5 Å². The van der Waals surface area contributed by atoms with Crippen molar-refractivity contribution in [3.8, 4) is 0 Å². The van der Waals surface area contributed by atoms with E-state index < -0.39 is 0 Å². The number of benzene rings is 1. The molecule has 0 aromatic heterocycles. The lowest BCUT2D eigenvalue weighted by atomic mass is 10.1. The van der Waals surface area contributed by atoms with Gasteiger partial charge in [-0.05, 0) is 25.3 Å². The average molecular weight is 258 g/mol. The predicted octanol–water partition coefficient (Wildman–Crippen LogP) is 1.84. The Morgan fingerprint density at radius 1 is 1.21 bits per heavy atom. The number of hydrogen-bond acceptors (Lipinski definition) is 2. The van der Waals surface area contributed by atoms with Crippen molar-refractivity contribution in [1.29, 1.82) is 0 Å². The lowest BCUT2D eigenvalue weighted by Gasteiger charge is -2.34. The van der Waals surface area contributed by atoms with Crippen LogP contribution in [0.4, 0.5) is 0 Å². The normalized spacial score (nSPS) is 25.6. The quantitative estimate of drug-likeness (QED) is 0.826. The largest absolute Gasteiger partial charge is 0.337 e. The second-order valence-corrected chi connectivity index (χ2v) is 5.82. The van der Waals surface area contributed by atoms with Gasteiger partial charge in [-0.3, -0.25) is 9.69 Å². The predicted molar refractivity (Wildman–Crippen MR) is 76.1 cm³/mol. The number of fused-ring (bicyclic) bond motifs is 2. The number of rotatable bonds is 3. The topological polar surface area (TPSA) is 23.6 Å². The summed E-state index contributed by atoms with van der Waals surface area (Å²) in [5.41, 5.74) is 2.54. The molecule has 3 rings (SSSR count). The zero-order valence-electron chi connectivity index (χ0n) is 11.6. The monoisotopic (exact) mass is 258 g/mol. The molecule has 2 saturated heterocycles. The maximum atomic E-state index is 12.3. The Morgan fingerprint density at radius 2 is 2.00 bits per heavy atom. The van der Waals surface area contributed by atoms with Gasteiger partial charge in [0.15, 0.2) is 0 Å². The van der Waals surface area contributed by atoms with Crippen LogP contribution in [0.15, 0.2) is 24.3 Å². The minimum atomic E-state index is 0.340. The number of carbonyl (C=O) groups excluding carboxylic acids is 1. The first-order valence-corrected chi connectivity index (χ1v) is 7.30. The van der Waals surface area contributed by atoms with Crippen LogP contribution >= 0.6 is 0 Å². The molecule has 0 spiro atoms. The lowest BCUT2D eigenvalue weighted by Crippen LogP contribution is -2.49. The van der Waals surface area contributed by atoms with Gasteiger partial charge in [-0.15, -0.1) is 0 Å². The number of aryl methyl sites for hydroxylation is 2.